The van der Waals surface area contributed by atoms with Crippen molar-refractivity contribution in [1.29, 1.82) is 0 Å². The van der Waals surface area contributed by atoms with Crippen molar-refractivity contribution in [1.82, 2.24) is 41.2 Å². The van der Waals surface area contributed by atoms with E-state index in [-0.39, 0.29) is 29.9 Å². The van der Waals surface area contributed by atoms with Gasteiger partial charge in [0.1, 0.15) is 12.1 Å². The largest absolute Gasteiger partial charge is 2.00 e. The summed E-state index contributed by atoms with van der Waals surface area (Å²) in [4.78, 5) is 82.6. The molecule has 14 N–H and O–H groups in total. The number of nitrogens with one attached hydrogen (secondary N) is 6. The van der Waals surface area contributed by atoms with Crippen molar-refractivity contribution < 1.29 is 56.0 Å². The SMILES string of the molecule is NCCCC[C@H](N)C(=O)N[C@@H](Cc1cnc[nH]1)C(=O)NCC(=O)[O-].NCCCC[C@H](N)C(=O)N[C@@H](Cc1cnc[nH]1)C(=O)NCC(=O)[O-].[Cu+2]. The van der Waals surface area contributed by atoms with Crippen LogP contribution in [0, 0.1) is 0 Å². The van der Waals surface area contributed by atoms with E-state index < -0.39 is 72.8 Å². The van der Waals surface area contributed by atoms with Gasteiger partial charge in [-0.05, 0) is 38.8 Å². The molecule has 2 aromatic rings. The van der Waals surface area contributed by atoms with Gasteiger partial charge in [-0.15, -0.1) is 0 Å². The number of nitrogens with zero attached hydrogens (tertiary/aromatic N) is 2. The van der Waals surface area contributed by atoms with Gasteiger partial charge in [0.05, 0.1) is 49.8 Å². The Kier molecular flexibility index (Phi) is 23.3. The molecular weight excluding hydrogens is 696 g/mol. The molecule has 0 bridgehead atoms. The van der Waals surface area contributed by atoms with Gasteiger partial charge in [-0.1, -0.05) is 12.8 Å². The van der Waals surface area contributed by atoms with E-state index in [0.29, 0.717) is 50.2 Å². The average molecular weight is 742 g/mol. The first-order chi connectivity index (χ1) is 22.9. The van der Waals surface area contributed by atoms with Crippen LogP contribution in [0.15, 0.2) is 25.0 Å². The zero-order valence-electron chi connectivity index (χ0n) is 26.9. The van der Waals surface area contributed by atoms with E-state index in [1.807, 2.05) is 0 Å². The topological polar surface area (TPSA) is 358 Å². The number of carboxylic acids is 2. The van der Waals surface area contributed by atoms with Crippen molar-refractivity contribution >= 4 is 35.6 Å². The molecule has 0 aliphatic rings. The van der Waals surface area contributed by atoms with E-state index in [1.54, 1.807) is 0 Å². The quantitative estimate of drug-likeness (QED) is 0.0396. The molecule has 2 rings (SSSR count). The molecule has 0 aliphatic carbocycles. The van der Waals surface area contributed by atoms with Crippen molar-refractivity contribution in [3.05, 3.63) is 36.4 Å². The molecule has 2 heterocycles. The number of aliphatic carboxylic acids is 2. The first kappa shape index (κ1) is 44.6. The number of aromatic amines is 2. The molecular formula is C28H46CuN12O8. The van der Waals surface area contributed by atoms with Crippen LogP contribution in [-0.2, 0) is 58.7 Å². The van der Waals surface area contributed by atoms with Crippen LogP contribution in [0.1, 0.15) is 49.9 Å². The third kappa shape index (κ3) is 19.9. The summed E-state index contributed by atoms with van der Waals surface area (Å²) in [7, 11) is 0. The number of amides is 4. The number of hydrogen-bond donors (Lipinski definition) is 10. The molecule has 0 saturated heterocycles. The van der Waals surface area contributed by atoms with Gasteiger partial charge < -0.3 is 74.0 Å². The van der Waals surface area contributed by atoms with Crippen LogP contribution in [-0.4, -0.2) is 106 Å². The van der Waals surface area contributed by atoms with Crippen molar-refractivity contribution in [3.63, 3.8) is 0 Å². The average Bonchev–Trinajstić information content (AvgIpc) is 3.77. The fourth-order valence-electron chi connectivity index (χ4n) is 4.05. The van der Waals surface area contributed by atoms with E-state index in [9.17, 15) is 39.0 Å². The van der Waals surface area contributed by atoms with Gasteiger partial charge >= 0.3 is 17.1 Å². The smallest absolute Gasteiger partial charge is 0.548 e. The molecule has 4 atom stereocenters. The Hall–Kier alpha value is -4.40. The summed E-state index contributed by atoms with van der Waals surface area (Å²) in [5.74, 6) is -5.10. The van der Waals surface area contributed by atoms with Crippen molar-refractivity contribution in [2.75, 3.05) is 26.2 Å². The standard InChI is InChI=1S/2C14H24N6O4.Cu/c2*15-4-2-1-3-10(16)13(23)20-11(5-9-6-17-8-19-9)14(24)18-7-12(21)22;/h2*6,8,10-11H,1-5,7,15-16H2,(H,17,19)(H,18,24)(H,20,23)(H,21,22);/q;;+2/p-2/t2*10-,11-;/m00./s1. The number of carboxylic acid groups (broad SMARTS) is 2. The fraction of sp³-hybridized carbons (Fsp3) is 0.571. The monoisotopic (exact) mass is 741 g/mol. The number of imidazole rings is 2. The first-order valence-corrected chi connectivity index (χ1v) is 15.3. The number of hydrogen-bond acceptors (Lipinski definition) is 14. The molecule has 0 fully saturated rings. The number of carbonyl (C=O) groups excluding carboxylic acids is 6. The Balaban J connectivity index is 0.000000922. The molecule has 21 heteroatoms. The molecule has 277 valence electrons. The van der Waals surface area contributed by atoms with Crippen LogP contribution < -0.4 is 54.4 Å². The Morgan fingerprint density at radius 3 is 1.31 bits per heavy atom. The Morgan fingerprint density at radius 1 is 0.653 bits per heavy atom. The van der Waals surface area contributed by atoms with Crippen LogP contribution in [0.4, 0.5) is 0 Å². The minimum Gasteiger partial charge on any atom is -0.548 e. The molecule has 1 radical (unpaired) electrons. The van der Waals surface area contributed by atoms with Gasteiger partial charge in [0.15, 0.2) is 0 Å². The van der Waals surface area contributed by atoms with E-state index in [0.717, 1.165) is 12.8 Å². The maximum atomic E-state index is 12.1. The summed E-state index contributed by atoms with van der Waals surface area (Å²) in [6.45, 7) is -0.252. The Morgan fingerprint density at radius 2 is 1.02 bits per heavy atom. The predicted molar refractivity (Wildman–Crippen MR) is 166 cm³/mol. The van der Waals surface area contributed by atoms with Gasteiger partial charge in [-0.25, -0.2) is 9.97 Å². The molecule has 0 spiro atoms. The van der Waals surface area contributed by atoms with E-state index in [2.05, 4.69) is 41.2 Å². The van der Waals surface area contributed by atoms with Gasteiger partial charge in [0, 0.05) is 36.6 Å². The zero-order chi connectivity index (χ0) is 35.9. The second-order valence-corrected chi connectivity index (χ2v) is 10.6. The summed E-state index contributed by atoms with van der Waals surface area (Å²) < 4.78 is 0. The molecule has 20 nitrogen and oxygen atoms in total. The molecule has 0 saturated carbocycles. The number of aromatic nitrogens is 4. The maximum absolute atomic E-state index is 12.1. The van der Waals surface area contributed by atoms with Crippen LogP contribution >= 0.6 is 0 Å². The summed E-state index contributed by atoms with van der Waals surface area (Å²) >= 11 is 0. The number of H-pyrrole nitrogens is 2. The summed E-state index contributed by atoms with van der Waals surface area (Å²) in [5.41, 5.74) is 23.6. The second-order valence-electron chi connectivity index (χ2n) is 10.6. The molecule has 0 aliphatic heterocycles. The molecule has 0 unspecified atom stereocenters. The Bertz CT molecular complexity index is 1170. The zero-order valence-corrected chi connectivity index (χ0v) is 27.8. The van der Waals surface area contributed by atoms with Crippen LogP contribution in [0.5, 0.6) is 0 Å². The van der Waals surface area contributed by atoms with Crippen LogP contribution in [0.25, 0.3) is 0 Å². The third-order valence-electron chi connectivity index (χ3n) is 6.65. The minimum absolute atomic E-state index is 0. The number of unbranched alkanes of at least 4 members (excludes halogenated alkanes) is 2. The second kappa shape index (κ2) is 25.6. The van der Waals surface area contributed by atoms with Gasteiger partial charge in [0.25, 0.3) is 0 Å². The number of carbonyl (C=O) groups is 6. The molecule has 49 heavy (non-hydrogen) atoms. The normalized spacial score (nSPS) is 12.8. The summed E-state index contributed by atoms with van der Waals surface area (Å²) in [5, 5.41) is 30.4. The number of rotatable bonds is 22. The minimum atomic E-state index is -1.42. The molecule has 2 aromatic heterocycles. The van der Waals surface area contributed by atoms with Gasteiger partial charge in [-0.2, -0.15) is 0 Å². The van der Waals surface area contributed by atoms with Crippen LogP contribution in [0.2, 0.25) is 0 Å². The van der Waals surface area contributed by atoms with Gasteiger partial charge in [-0.3, -0.25) is 19.2 Å². The molecule has 4 amide bonds. The maximum Gasteiger partial charge on any atom is 2.00 e. The first-order valence-electron chi connectivity index (χ1n) is 15.3. The van der Waals surface area contributed by atoms with Crippen molar-refractivity contribution in [3.8, 4) is 0 Å². The Labute approximate surface area is 293 Å². The van der Waals surface area contributed by atoms with E-state index in [1.165, 1.54) is 25.0 Å². The number of nitrogens with two attached hydrogens (primary N) is 4. The summed E-state index contributed by atoms with van der Waals surface area (Å²) in [6, 6.07) is -3.49. The van der Waals surface area contributed by atoms with E-state index >= 15 is 0 Å². The molecule has 0 aromatic carbocycles. The van der Waals surface area contributed by atoms with Gasteiger partial charge in [0.2, 0.25) is 23.6 Å². The summed E-state index contributed by atoms with van der Waals surface area (Å²) in [6.07, 6.45) is 9.94. The van der Waals surface area contributed by atoms with Crippen LogP contribution in [0.3, 0.4) is 0 Å². The predicted octanol–water partition coefficient (Wildman–Crippen LogP) is -6.48. The third-order valence-corrected chi connectivity index (χ3v) is 6.65. The van der Waals surface area contributed by atoms with Crippen molar-refractivity contribution in [2.45, 2.75) is 75.5 Å². The fourth-order valence-corrected chi connectivity index (χ4v) is 4.05. The van der Waals surface area contributed by atoms with E-state index in [4.69, 9.17) is 22.9 Å². The van der Waals surface area contributed by atoms with Crippen molar-refractivity contribution in [2.24, 2.45) is 22.9 Å².